The summed E-state index contributed by atoms with van der Waals surface area (Å²) >= 11 is 0. The smallest absolute Gasteiger partial charge is 0.242 e. The second kappa shape index (κ2) is 7.80. The molecule has 0 bridgehead atoms. The van der Waals surface area contributed by atoms with Crippen LogP contribution in [0.5, 0.6) is 5.75 Å². The van der Waals surface area contributed by atoms with Gasteiger partial charge in [0.05, 0.1) is 25.8 Å². The number of hydrogen-bond acceptors (Lipinski definition) is 9. The number of anilines is 2. The van der Waals surface area contributed by atoms with Gasteiger partial charge in [-0.1, -0.05) is 6.07 Å². The van der Waals surface area contributed by atoms with Crippen LogP contribution >= 0.6 is 0 Å². The minimum absolute atomic E-state index is 0.561. The van der Waals surface area contributed by atoms with Crippen LogP contribution in [0.3, 0.4) is 0 Å². The molecule has 5 rings (SSSR count). The van der Waals surface area contributed by atoms with Gasteiger partial charge in [0.1, 0.15) is 17.6 Å². The highest BCUT2D eigenvalue weighted by atomic mass is 16.5. The summed E-state index contributed by atoms with van der Waals surface area (Å²) in [6.45, 7) is 6.45. The molecule has 2 fully saturated rings. The lowest BCUT2D eigenvalue weighted by Crippen LogP contribution is -2.45. The van der Waals surface area contributed by atoms with Gasteiger partial charge in [0, 0.05) is 39.3 Å². The van der Waals surface area contributed by atoms with E-state index in [1.54, 1.807) is 13.4 Å². The molecule has 2 aliphatic rings. The summed E-state index contributed by atoms with van der Waals surface area (Å²) < 4.78 is 12.8. The third-order valence-corrected chi connectivity index (χ3v) is 5.27. The number of nitrogens with zero attached hydrogens (tertiary/aromatic N) is 7. The van der Waals surface area contributed by atoms with Gasteiger partial charge in [-0.25, -0.2) is 4.98 Å². The first-order valence-corrected chi connectivity index (χ1v) is 9.88. The maximum atomic E-state index is 5.49. The molecule has 0 spiro atoms. The summed E-state index contributed by atoms with van der Waals surface area (Å²) in [4.78, 5) is 23.3. The average Bonchev–Trinajstić information content (AvgIpc) is 3.24. The minimum Gasteiger partial charge on any atom is -0.494 e. The molecule has 2 aliphatic heterocycles. The second-order valence-corrected chi connectivity index (χ2v) is 7.01. The Hall–Kier alpha value is -2.98. The van der Waals surface area contributed by atoms with Crippen molar-refractivity contribution in [1.82, 2.24) is 29.8 Å². The van der Waals surface area contributed by atoms with E-state index in [0.717, 1.165) is 56.1 Å². The van der Waals surface area contributed by atoms with Crippen LogP contribution in [0.1, 0.15) is 0 Å². The van der Waals surface area contributed by atoms with Gasteiger partial charge in [0.15, 0.2) is 0 Å². The van der Waals surface area contributed by atoms with Gasteiger partial charge < -0.3 is 24.6 Å². The van der Waals surface area contributed by atoms with Crippen LogP contribution in [-0.2, 0) is 4.74 Å². The minimum atomic E-state index is 0.561. The number of morpholine rings is 1. The van der Waals surface area contributed by atoms with Crippen molar-refractivity contribution in [2.24, 2.45) is 0 Å². The van der Waals surface area contributed by atoms with Gasteiger partial charge in [-0.2, -0.15) is 15.0 Å². The molecule has 152 valence electrons. The van der Waals surface area contributed by atoms with E-state index in [4.69, 9.17) is 24.4 Å². The highest BCUT2D eigenvalue weighted by molar-refractivity contribution is 5.83. The SMILES string of the molecule is COc1cccc2c1ncn2-c1nc(N2CCNCC2)nc(N2CCOCC2)n1. The van der Waals surface area contributed by atoms with Gasteiger partial charge in [-0.05, 0) is 12.1 Å². The Labute approximate surface area is 168 Å². The quantitative estimate of drug-likeness (QED) is 0.675. The highest BCUT2D eigenvalue weighted by Crippen LogP contribution is 2.26. The number of piperazine rings is 1. The Morgan fingerprint density at radius 3 is 2.34 bits per heavy atom. The highest BCUT2D eigenvalue weighted by Gasteiger charge is 2.22. The summed E-state index contributed by atoms with van der Waals surface area (Å²) in [5.41, 5.74) is 1.68. The third-order valence-electron chi connectivity index (χ3n) is 5.27. The Morgan fingerprint density at radius 2 is 1.62 bits per heavy atom. The van der Waals surface area contributed by atoms with Crippen molar-refractivity contribution >= 4 is 22.9 Å². The lowest BCUT2D eigenvalue weighted by Gasteiger charge is -2.30. The molecular weight excluding hydrogens is 372 g/mol. The molecule has 0 radical (unpaired) electrons. The fourth-order valence-electron chi connectivity index (χ4n) is 3.70. The number of methoxy groups -OCH3 is 1. The topological polar surface area (TPSA) is 93.5 Å². The van der Waals surface area contributed by atoms with Gasteiger partial charge in [0.25, 0.3) is 0 Å². The molecule has 29 heavy (non-hydrogen) atoms. The molecule has 0 atom stereocenters. The number of benzene rings is 1. The molecule has 0 aliphatic carbocycles. The van der Waals surface area contributed by atoms with Crippen LogP contribution in [-0.4, -0.2) is 84.1 Å². The number of imidazole rings is 1. The molecule has 1 N–H and O–H groups in total. The van der Waals surface area contributed by atoms with E-state index in [9.17, 15) is 0 Å². The predicted molar refractivity (Wildman–Crippen MR) is 109 cm³/mol. The zero-order chi connectivity index (χ0) is 19.6. The van der Waals surface area contributed by atoms with Gasteiger partial charge in [0.2, 0.25) is 17.8 Å². The molecule has 0 saturated carbocycles. The van der Waals surface area contributed by atoms with Crippen LogP contribution in [0.2, 0.25) is 0 Å². The lowest BCUT2D eigenvalue weighted by molar-refractivity contribution is 0.122. The molecule has 1 aromatic carbocycles. The van der Waals surface area contributed by atoms with E-state index in [1.165, 1.54) is 0 Å². The Balaban J connectivity index is 1.61. The maximum Gasteiger partial charge on any atom is 0.242 e. The van der Waals surface area contributed by atoms with Gasteiger partial charge >= 0.3 is 0 Å². The first-order valence-electron chi connectivity index (χ1n) is 9.88. The third kappa shape index (κ3) is 3.45. The van der Waals surface area contributed by atoms with Crippen molar-refractivity contribution in [1.29, 1.82) is 0 Å². The van der Waals surface area contributed by atoms with E-state index in [0.29, 0.717) is 31.1 Å². The summed E-state index contributed by atoms with van der Waals surface area (Å²) in [6.07, 6.45) is 1.74. The monoisotopic (exact) mass is 396 g/mol. The van der Waals surface area contributed by atoms with E-state index in [-0.39, 0.29) is 0 Å². The number of hydrogen-bond donors (Lipinski definition) is 1. The van der Waals surface area contributed by atoms with E-state index in [2.05, 4.69) is 20.1 Å². The van der Waals surface area contributed by atoms with Crippen LogP contribution in [0.15, 0.2) is 24.5 Å². The lowest BCUT2D eigenvalue weighted by atomic mass is 10.3. The zero-order valence-electron chi connectivity index (χ0n) is 16.4. The van der Waals surface area contributed by atoms with E-state index in [1.807, 2.05) is 22.8 Å². The molecular formula is C19H24N8O2. The van der Waals surface area contributed by atoms with Crippen LogP contribution in [0.25, 0.3) is 17.0 Å². The molecule has 2 aromatic heterocycles. The Morgan fingerprint density at radius 1 is 0.931 bits per heavy atom. The summed E-state index contributed by atoms with van der Waals surface area (Å²) in [7, 11) is 1.65. The molecule has 0 unspecified atom stereocenters. The van der Waals surface area contributed by atoms with Crippen molar-refractivity contribution in [2.75, 3.05) is 69.4 Å². The maximum absolute atomic E-state index is 5.49. The largest absolute Gasteiger partial charge is 0.494 e. The molecule has 3 aromatic rings. The van der Waals surface area contributed by atoms with Crippen molar-refractivity contribution < 1.29 is 9.47 Å². The van der Waals surface area contributed by atoms with Gasteiger partial charge in [-0.3, -0.25) is 4.57 Å². The van der Waals surface area contributed by atoms with Crippen LogP contribution in [0.4, 0.5) is 11.9 Å². The predicted octanol–water partition coefficient (Wildman–Crippen LogP) is 0.465. The summed E-state index contributed by atoms with van der Waals surface area (Å²) in [5, 5.41) is 3.37. The number of para-hydroxylation sites is 1. The number of aromatic nitrogens is 5. The van der Waals surface area contributed by atoms with Crippen molar-refractivity contribution in [3.63, 3.8) is 0 Å². The number of nitrogens with one attached hydrogen (secondary N) is 1. The fourth-order valence-corrected chi connectivity index (χ4v) is 3.70. The summed E-state index contributed by atoms with van der Waals surface area (Å²) in [5.74, 6) is 2.66. The molecule has 10 nitrogen and oxygen atoms in total. The number of ether oxygens (including phenoxy) is 2. The van der Waals surface area contributed by atoms with Crippen LogP contribution in [0, 0.1) is 0 Å². The number of rotatable bonds is 4. The van der Waals surface area contributed by atoms with Crippen molar-refractivity contribution in [3.8, 4) is 11.7 Å². The zero-order valence-corrected chi connectivity index (χ0v) is 16.4. The standard InChI is InChI=1S/C19H24N8O2/c1-28-15-4-2-3-14-16(15)21-13-27(14)19-23-17(25-7-5-20-6-8-25)22-18(24-19)26-9-11-29-12-10-26/h2-4,13,20H,5-12H2,1H3. The molecule has 2 saturated heterocycles. The molecule has 4 heterocycles. The Bertz CT molecular complexity index is 959. The average molecular weight is 396 g/mol. The van der Waals surface area contributed by atoms with Crippen molar-refractivity contribution in [3.05, 3.63) is 24.5 Å². The van der Waals surface area contributed by atoms with Gasteiger partial charge in [-0.15, -0.1) is 0 Å². The first-order chi connectivity index (χ1) is 14.3. The fraction of sp³-hybridized carbons (Fsp3) is 0.474. The van der Waals surface area contributed by atoms with E-state index < -0.39 is 0 Å². The first kappa shape index (κ1) is 18.1. The Kier molecular flexibility index (Phi) is 4.86. The summed E-state index contributed by atoms with van der Waals surface area (Å²) in [6, 6.07) is 5.84. The van der Waals surface area contributed by atoms with Crippen LogP contribution < -0.4 is 19.9 Å². The normalized spacial score (nSPS) is 17.7. The molecule has 10 heteroatoms. The number of fused-ring (bicyclic) bond motifs is 1. The van der Waals surface area contributed by atoms with E-state index >= 15 is 0 Å². The van der Waals surface area contributed by atoms with Crippen molar-refractivity contribution in [2.45, 2.75) is 0 Å². The second-order valence-electron chi connectivity index (χ2n) is 7.01. The molecule has 0 amide bonds.